The van der Waals surface area contributed by atoms with Gasteiger partial charge in [-0.1, -0.05) is 18.2 Å². The summed E-state index contributed by atoms with van der Waals surface area (Å²) in [6, 6.07) is 9.45. The Hall–Kier alpha value is -3.68. The highest BCUT2D eigenvalue weighted by Gasteiger charge is 2.18. The lowest BCUT2D eigenvalue weighted by atomic mass is 10.1. The van der Waals surface area contributed by atoms with Gasteiger partial charge in [0.15, 0.2) is 5.65 Å². The van der Waals surface area contributed by atoms with Crippen molar-refractivity contribution >= 4 is 33.8 Å². The van der Waals surface area contributed by atoms with Crippen LogP contribution in [-0.4, -0.2) is 31.6 Å². The highest BCUT2D eigenvalue weighted by atomic mass is 16.2. The third-order valence-corrected chi connectivity index (χ3v) is 4.68. The monoisotopic (exact) mass is 376 g/mol. The molecule has 3 aromatic heterocycles. The fourth-order valence-electron chi connectivity index (χ4n) is 3.44. The van der Waals surface area contributed by atoms with E-state index in [2.05, 4.69) is 25.9 Å². The fraction of sp³-hybridized carbons (Fsp3) is 0.200. The number of aromatic nitrogens is 4. The minimum Gasteiger partial charge on any atom is -0.361 e. The molecule has 2 amide bonds. The molecule has 0 saturated carbocycles. The molecule has 0 aliphatic carbocycles. The summed E-state index contributed by atoms with van der Waals surface area (Å²) >= 11 is 0. The quantitative estimate of drug-likeness (QED) is 0.476. The second-order valence-corrected chi connectivity index (χ2v) is 6.76. The van der Waals surface area contributed by atoms with Crippen molar-refractivity contribution in [3.63, 3.8) is 0 Å². The Bertz CT molecular complexity index is 1220. The number of carbonyl (C=O) groups is 2. The molecule has 3 N–H and O–H groups in total. The first-order chi connectivity index (χ1) is 13.4. The van der Waals surface area contributed by atoms with Crippen LogP contribution in [0.1, 0.15) is 27.3 Å². The van der Waals surface area contributed by atoms with E-state index >= 15 is 0 Å². The molecular weight excluding hydrogens is 356 g/mol. The van der Waals surface area contributed by atoms with Gasteiger partial charge in [-0.15, -0.1) is 0 Å². The third-order valence-electron chi connectivity index (χ3n) is 4.68. The lowest BCUT2D eigenvalue weighted by Crippen LogP contribution is -2.42. The lowest BCUT2D eigenvalue weighted by Gasteiger charge is -2.09. The lowest BCUT2D eigenvalue weighted by molar-refractivity contribution is -0.121. The Morgan fingerprint density at radius 1 is 1.18 bits per heavy atom. The SMILES string of the molecule is Cc1cc(C(=O)NNC(=O)Cc2c[nH]c3ccccc23)c2c(C)nn(C)c2n1. The van der Waals surface area contributed by atoms with Gasteiger partial charge >= 0.3 is 0 Å². The standard InChI is InChI=1S/C20H20N6O2/c1-11-8-15(18-12(2)25-26(3)19(18)22-11)20(28)24-23-17(27)9-13-10-21-16-7-5-4-6-14(13)16/h4-8,10,21H,9H2,1-3H3,(H,23,27)(H,24,28). The van der Waals surface area contributed by atoms with Crippen LogP contribution >= 0.6 is 0 Å². The van der Waals surface area contributed by atoms with E-state index in [1.54, 1.807) is 24.0 Å². The highest BCUT2D eigenvalue weighted by molar-refractivity contribution is 6.07. The molecule has 0 bridgehead atoms. The van der Waals surface area contributed by atoms with Gasteiger partial charge in [-0.05, 0) is 31.5 Å². The van der Waals surface area contributed by atoms with E-state index in [0.717, 1.165) is 16.5 Å². The molecule has 0 aliphatic rings. The number of benzene rings is 1. The topological polar surface area (TPSA) is 105 Å². The molecule has 0 radical (unpaired) electrons. The van der Waals surface area contributed by atoms with Gasteiger partial charge in [0, 0.05) is 29.8 Å². The number of hydrogen-bond acceptors (Lipinski definition) is 4. The van der Waals surface area contributed by atoms with E-state index in [9.17, 15) is 9.59 Å². The third kappa shape index (κ3) is 3.09. The van der Waals surface area contributed by atoms with Gasteiger partial charge in [0.25, 0.3) is 5.91 Å². The van der Waals surface area contributed by atoms with Crippen LogP contribution in [0, 0.1) is 13.8 Å². The number of aryl methyl sites for hydroxylation is 3. The maximum Gasteiger partial charge on any atom is 0.270 e. The molecule has 8 heteroatoms. The van der Waals surface area contributed by atoms with Crippen LogP contribution in [0.2, 0.25) is 0 Å². The number of H-pyrrole nitrogens is 1. The number of amides is 2. The van der Waals surface area contributed by atoms with Crippen molar-refractivity contribution in [1.29, 1.82) is 0 Å². The Morgan fingerprint density at radius 3 is 2.79 bits per heavy atom. The maximum absolute atomic E-state index is 12.7. The van der Waals surface area contributed by atoms with Gasteiger partial charge in [-0.25, -0.2) is 4.98 Å². The molecule has 0 atom stereocenters. The molecule has 0 fully saturated rings. The van der Waals surface area contributed by atoms with Crippen molar-refractivity contribution in [2.24, 2.45) is 7.05 Å². The van der Waals surface area contributed by atoms with E-state index in [1.807, 2.05) is 38.1 Å². The minimum atomic E-state index is -0.404. The van der Waals surface area contributed by atoms with E-state index in [0.29, 0.717) is 28.0 Å². The first-order valence-corrected chi connectivity index (χ1v) is 8.89. The van der Waals surface area contributed by atoms with Crippen molar-refractivity contribution in [1.82, 2.24) is 30.6 Å². The second kappa shape index (κ2) is 6.80. The van der Waals surface area contributed by atoms with Gasteiger partial charge in [0.1, 0.15) is 0 Å². The number of fused-ring (bicyclic) bond motifs is 2. The fourth-order valence-corrected chi connectivity index (χ4v) is 3.44. The van der Waals surface area contributed by atoms with Crippen molar-refractivity contribution in [2.75, 3.05) is 0 Å². The molecule has 28 heavy (non-hydrogen) atoms. The van der Waals surface area contributed by atoms with Crippen molar-refractivity contribution in [3.05, 3.63) is 59.0 Å². The zero-order valence-corrected chi connectivity index (χ0v) is 15.8. The number of pyridine rings is 1. The Labute approximate surface area is 160 Å². The summed E-state index contributed by atoms with van der Waals surface area (Å²) in [5.74, 6) is -0.707. The summed E-state index contributed by atoms with van der Waals surface area (Å²) in [4.78, 5) is 32.6. The summed E-state index contributed by atoms with van der Waals surface area (Å²) in [6.07, 6.45) is 1.96. The molecule has 0 aliphatic heterocycles. The molecule has 8 nitrogen and oxygen atoms in total. The van der Waals surface area contributed by atoms with Gasteiger partial charge < -0.3 is 4.98 Å². The molecule has 1 aromatic carbocycles. The summed E-state index contributed by atoms with van der Waals surface area (Å²) in [6.45, 7) is 3.64. The number of aromatic amines is 1. The van der Waals surface area contributed by atoms with Crippen LogP contribution in [0.5, 0.6) is 0 Å². The zero-order valence-electron chi connectivity index (χ0n) is 15.8. The molecule has 4 rings (SSSR count). The van der Waals surface area contributed by atoms with Crippen LogP contribution in [0.15, 0.2) is 36.5 Å². The van der Waals surface area contributed by atoms with Gasteiger partial charge in [-0.2, -0.15) is 5.10 Å². The first kappa shape index (κ1) is 17.7. The molecule has 0 unspecified atom stereocenters. The number of nitrogens with one attached hydrogen (secondary N) is 3. The maximum atomic E-state index is 12.7. The average Bonchev–Trinajstić information content (AvgIpc) is 3.20. The van der Waals surface area contributed by atoms with Crippen molar-refractivity contribution in [2.45, 2.75) is 20.3 Å². The van der Waals surface area contributed by atoms with Crippen LogP contribution in [0.4, 0.5) is 0 Å². The number of carbonyl (C=O) groups excluding carboxylic acids is 2. The number of hydrogen-bond donors (Lipinski definition) is 3. The van der Waals surface area contributed by atoms with E-state index < -0.39 is 5.91 Å². The van der Waals surface area contributed by atoms with E-state index in [1.165, 1.54) is 0 Å². The molecule has 142 valence electrons. The highest BCUT2D eigenvalue weighted by Crippen LogP contribution is 2.21. The smallest absolute Gasteiger partial charge is 0.270 e. The number of hydrazine groups is 1. The summed E-state index contributed by atoms with van der Waals surface area (Å²) in [5.41, 5.74) is 9.30. The van der Waals surface area contributed by atoms with Gasteiger partial charge in [0.2, 0.25) is 5.91 Å². The van der Waals surface area contributed by atoms with Crippen molar-refractivity contribution in [3.8, 4) is 0 Å². The van der Waals surface area contributed by atoms with Crippen LogP contribution < -0.4 is 10.9 Å². The molecule has 4 aromatic rings. The summed E-state index contributed by atoms with van der Waals surface area (Å²) in [5, 5.41) is 6.00. The zero-order chi connectivity index (χ0) is 19.8. The van der Waals surface area contributed by atoms with Crippen LogP contribution in [0.3, 0.4) is 0 Å². The first-order valence-electron chi connectivity index (χ1n) is 8.89. The largest absolute Gasteiger partial charge is 0.361 e. The van der Waals surface area contributed by atoms with Crippen molar-refractivity contribution < 1.29 is 9.59 Å². The van der Waals surface area contributed by atoms with Gasteiger partial charge in [-0.3, -0.25) is 25.1 Å². The summed E-state index contributed by atoms with van der Waals surface area (Å²) < 4.78 is 1.64. The Kier molecular flexibility index (Phi) is 4.31. The average molecular weight is 376 g/mol. The number of para-hydroxylation sites is 1. The van der Waals surface area contributed by atoms with E-state index in [-0.39, 0.29) is 12.3 Å². The molecular formula is C20H20N6O2. The number of rotatable bonds is 3. The predicted molar refractivity (Wildman–Crippen MR) is 106 cm³/mol. The van der Waals surface area contributed by atoms with Crippen LogP contribution in [0.25, 0.3) is 21.9 Å². The van der Waals surface area contributed by atoms with Gasteiger partial charge in [0.05, 0.1) is 23.1 Å². The molecule has 0 spiro atoms. The molecule has 3 heterocycles. The minimum absolute atomic E-state index is 0.154. The predicted octanol–water partition coefficient (Wildman–Crippen LogP) is 2.07. The van der Waals surface area contributed by atoms with E-state index in [4.69, 9.17) is 0 Å². The Morgan fingerprint density at radius 2 is 1.96 bits per heavy atom. The molecule has 0 saturated heterocycles. The number of nitrogens with zero attached hydrogens (tertiary/aromatic N) is 3. The Balaban J connectivity index is 1.50. The second-order valence-electron chi connectivity index (χ2n) is 6.76. The normalized spacial score (nSPS) is 11.1. The van der Waals surface area contributed by atoms with Crippen LogP contribution in [-0.2, 0) is 18.3 Å². The summed E-state index contributed by atoms with van der Waals surface area (Å²) in [7, 11) is 1.78.